The molecule has 0 bridgehead atoms. The molecule has 3 nitrogen and oxygen atoms in total. The first-order valence-electron chi connectivity index (χ1n) is 5.27. The summed E-state index contributed by atoms with van der Waals surface area (Å²) < 4.78 is 5.30. The van der Waals surface area contributed by atoms with Gasteiger partial charge in [0, 0.05) is 10.6 Å². The maximum absolute atomic E-state index is 11.6. The Bertz CT molecular complexity index is 432. The Morgan fingerprint density at radius 2 is 1.72 bits per heavy atom. The lowest BCUT2D eigenvalue weighted by Crippen LogP contribution is -2.43. The van der Waals surface area contributed by atoms with Crippen LogP contribution in [0.25, 0.3) is 0 Å². The zero-order chi connectivity index (χ0) is 13.9. The number of hydrogen-bond donors (Lipinski definition) is 1. The molecule has 1 amide bonds. The number of amides is 1. The van der Waals surface area contributed by atoms with Crippen molar-refractivity contribution in [3.8, 4) is 5.75 Å². The standard InChI is InChI=1S/C12H14Cl3NO2/c1-12(2,3)16-10(17)6-18-11-8(14)4-7(13)5-9(11)15/h4-5H,6H2,1-3H3,(H,16,17). The maximum atomic E-state index is 11.6. The van der Waals surface area contributed by atoms with Gasteiger partial charge in [-0.1, -0.05) is 34.8 Å². The van der Waals surface area contributed by atoms with Gasteiger partial charge in [-0.3, -0.25) is 4.79 Å². The summed E-state index contributed by atoms with van der Waals surface area (Å²) in [5.41, 5.74) is -0.311. The Morgan fingerprint density at radius 3 is 2.17 bits per heavy atom. The first-order valence-corrected chi connectivity index (χ1v) is 6.41. The normalized spacial score (nSPS) is 11.2. The summed E-state index contributed by atoms with van der Waals surface area (Å²) in [6, 6.07) is 3.01. The Hall–Kier alpha value is -0.640. The van der Waals surface area contributed by atoms with Crippen LogP contribution in [0.2, 0.25) is 15.1 Å². The topological polar surface area (TPSA) is 38.3 Å². The minimum atomic E-state index is -0.311. The average molecular weight is 311 g/mol. The lowest BCUT2D eigenvalue weighted by Gasteiger charge is -2.20. The molecule has 0 aliphatic carbocycles. The number of ether oxygens (including phenoxy) is 1. The second-order valence-corrected chi connectivity index (χ2v) is 6.04. The molecule has 1 rings (SSSR count). The average Bonchev–Trinajstić information content (AvgIpc) is 2.12. The van der Waals surface area contributed by atoms with Gasteiger partial charge in [-0.15, -0.1) is 0 Å². The van der Waals surface area contributed by atoms with Crippen LogP contribution in [-0.4, -0.2) is 18.1 Å². The molecule has 0 aromatic heterocycles. The minimum absolute atomic E-state index is 0.154. The zero-order valence-corrected chi connectivity index (χ0v) is 12.6. The van der Waals surface area contributed by atoms with E-state index in [0.717, 1.165) is 0 Å². The number of carbonyl (C=O) groups excluding carboxylic acids is 1. The molecule has 0 saturated carbocycles. The smallest absolute Gasteiger partial charge is 0.258 e. The molecule has 0 aliphatic rings. The highest BCUT2D eigenvalue weighted by molar-refractivity contribution is 6.40. The monoisotopic (exact) mass is 309 g/mol. The van der Waals surface area contributed by atoms with Crippen molar-refractivity contribution in [1.29, 1.82) is 0 Å². The van der Waals surface area contributed by atoms with E-state index in [0.29, 0.717) is 5.02 Å². The van der Waals surface area contributed by atoms with Gasteiger partial charge in [-0.2, -0.15) is 0 Å². The fourth-order valence-electron chi connectivity index (χ4n) is 1.26. The number of halogens is 3. The van der Waals surface area contributed by atoms with Crippen molar-refractivity contribution in [3.63, 3.8) is 0 Å². The van der Waals surface area contributed by atoms with Crippen molar-refractivity contribution in [2.45, 2.75) is 26.3 Å². The lowest BCUT2D eigenvalue weighted by atomic mass is 10.1. The summed E-state index contributed by atoms with van der Waals surface area (Å²) in [6.45, 7) is 5.49. The first kappa shape index (κ1) is 15.4. The van der Waals surface area contributed by atoms with E-state index in [1.165, 1.54) is 12.1 Å². The Balaban J connectivity index is 2.67. The molecule has 0 heterocycles. The van der Waals surface area contributed by atoms with Gasteiger partial charge in [0.25, 0.3) is 5.91 Å². The number of carbonyl (C=O) groups is 1. The molecular weight excluding hydrogens is 296 g/mol. The number of rotatable bonds is 3. The fraction of sp³-hybridized carbons (Fsp3) is 0.417. The van der Waals surface area contributed by atoms with Crippen molar-refractivity contribution in [2.75, 3.05) is 6.61 Å². The molecule has 0 aliphatic heterocycles. The zero-order valence-electron chi connectivity index (χ0n) is 10.3. The lowest BCUT2D eigenvalue weighted by molar-refractivity contribution is -0.124. The van der Waals surface area contributed by atoms with Gasteiger partial charge in [-0.25, -0.2) is 0 Å². The number of hydrogen-bond acceptors (Lipinski definition) is 2. The van der Waals surface area contributed by atoms with Crippen molar-refractivity contribution < 1.29 is 9.53 Å². The summed E-state index contributed by atoms with van der Waals surface area (Å²) in [5.74, 6) is 0.0105. The Labute approximate surface area is 121 Å². The molecule has 6 heteroatoms. The summed E-state index contributed by atoms with van der Waals surface area (Å²) in [6.07, 6.45) is 0. The highest BCUT2D eigenvalue weighted by Crippen LogP contribution is 2.35. The van der Waals surface area contributed by atoms with E-state index in [1.54, 1.807) is 0 Å². The number of nitrogens with one attached hydrogen (secondary N) is 1. The van der Waals surface area contributed by atoms with Gasteiger partial charge in [0.15, 0.2) is 12.4 Å². The molecule has 0 unspecified atom stereocenters. The highest BCUT2D eigenvalue weighted by Gasteiger charge is 2.16. The van der Waals surface area contributed by atoms with Crippen molar-refractivity contribution in [2.24, 2.45) is 0 Å². The fourth-order valence-corrected chi connectivity index (χ4v) is 2.18. The van der Waals surface area contributed by atoms with Crippen LogP contribution < -0.4 is 10.1 Å². The van der Waals surface area contributed by atoms with E-state index in [2.05, 4.69) is 5.32 Å². The van der Waals surface area contributed by atoms with Crippen LogP contribution in [0.5, 0.6) is 5.75 Å². The van der Waals surface area contributed by atoms with Crippen LogP contribution in [0, 0.1) is 0 Å². The second-order valence-electron chi connectivity index (χ2n) is 4.79. The molecule has 1 N–H and O–H groups in total. The van der Waals surface area contributed by atoms with Crippen LogP contribution in [0.1, 0.15) is 20.8 Å². The largest absolute Gasteiger partial charge is 0.481 e. The van der Waals surface area contributed by atoms with Crippen LogP contribution in [0.4, 0.5) is 0 Å². The van der Waals surface area contributed by atoms with Gasteiger partial charge in [-0.05, 0) is 32.9 Å². The van der Waals surface area contributed by atoms with Gasteiger partial charge in [0.1, 0.15) is 0 Å². The molecule has 0 atom stereocenters. The molecule has 0 saturated heterocycles. The van der Waals surface area contributed by atoms with E-state index >= 15 is 0 Å². The van der Waals surface area contributed by atoms with E-state index in [4.69, 9.17) is 39.5 Å². The van der Waals surface area contributed by atoms with Gasteiger partial charge < -0.3 is 10.1 Å². The molecular formula is C12H14Cl3NO2. The summed E-state index contributed by atoms with van der Waals surface area (Å²) in [4.78, 5) is 11.6. The molecule has 0 radical (unpaired) electrons. The van der Waals surface area contributed by atoms with Crippen LogP contribution in [0.3, 0.4) is 0 Å². The predicted octanol–water partition coefficient (Wildman–Crippen LogP) is 3.94. The van der Waals surface area contributed by atoms with Crippen molar-refractivity contribution in [3.05, 3.63) is 27.2 Å². The van der Waals surface area contributed by atoms with Crippen LogP contribution in [0.15, 0.2) is 12.1 Å². The molecule has 0 spiro atoms. The van der Waals surface area contributed by atoms with Crippen molar-refractivity contribution >= 4 is 40.7 Å². The quantitative estimate of drug-likeness (QED) is 0.918. The Kier molecular flexibility index (Phi) is 5.14. The number of benzene rings is 1. The van der Waals surface area contributed by atoms with E-state index in [9.17, 15) is 4.79 Å². The molecule has 1 aromatic carbocycles. The Morgan fingerprint density at radius 1 is 1.22 bits per heavy atom. The third-order valence-electron chi connectivity index (χ3n) is 1.83. The van der Waals surface area contributed by atoms with Crippen LogP contribution >= 0.6 is 34.8 Å². The van der Waals surface area contributed by atoms with Crippen LogP contribution in [-0.2, 0) is 4.79 Å². The second kappa shape index (κ2) is 6.00. The maximum Gasteiger partial charge on any atom is 0.258 e. The third kappa shape index (κ3) is 4.92. The predicted molar refractivity (Wildman–Crippen MR) is 74.9 cm³/mol. The van der Waals surface area contributed by atoms with E-state index in [1.807, 2.05) is 20.8 Å². The molecule has 18 heavy (non-hydrogen) atoms. The third-order valence-corrected chi connectivity index (χ3v) is 2.60. The summed E-state index contributed by atoms with van der Waals surface area (Å²) >= 11 is 17.6. The summed E-state index contributed by atoms with van der Waals surface area (Å²) in [5, 5.41) is 3.73. The molecule has 1 aromatic rings. The molecule has 100 valence electrons. The van der Waals surface area contributed by atoms with E-state index in [-0.39, 0.29) is 33.8 Å². The van der Waals surface area contributed by atoms with Gasteiger partial charge >= 0.3 is 0 Å². The highest BCUT2D eigenvalue weighted by atomic mass is 35.5. The molecule has 0 fully saturated rings. The van der Waals surface area contributed by atoms with Crippen molar-refractivity contribution in [1.82, 2.24) is 5.32 Å². The van der Waals surface area contributed by atoms with Gasteiger partial charge in [0.2, 0.25) is 0 Å². The first-order chi connectivity index (χ1) is 8.19. The van der Waals surface area contributed by atoms with E-state index < -0.39 is 0 Å². The SMILES string of the molecule is CC(C)(C)NC(=O)COc1c(Cl)cc(Cl)cc1Cl. The minimum Gasteiger partial charge on any atom is -0.481 e. The summed E-state index contributed by atoms with van der Waals surface area (Å²) in [7, 11) is 0. The van der Waals surface area contributed by atoms with Gasteiger partial charge in [0.05, 0.1) is 10.0 Å².